The highest BCUT2D eigenvalue weighted by molar-refractivity contribution is 5.86. The van der Waals surface area contributed by atoms with Gasteiger partial charge < -0.3 is 20.5 Å². The fraction of sp³-hybridized carbons (Fsp3) is 0.650. The number of rotatable bonds is 6. The first-order valence-electron chi connectivity index (χ1n) is 9.65. The second-order valence-corrected chi connectivity index (χ2v) is 7.36. The van der Waals surface area contributed by atoms with Crippen LogP contribution in [-0.2, 0) is 9.53 Å². The van der Waals surface area contributed by atoms with Gasteiger partial charge in [0.05, 0.1) is 18.7 Å². The van der Waals surface area contributed by atoms with Crippen molar-refractivity contribution in [3.8, 4) is 5.75 Å². The second kappa shape index (κ2) is 8.84. The zero-order valence-electron chi connectivity index (χ0n) is 15.7. The number of nitrogens with zero attached hydrogens (tertiary/aromatic N) is 1. The lowest BCUT2D eigenvalue weighted by Gasteiger charge is -2.37. The third kappa shape index (κ3) is 4.55. The quantitative estimate of drug-likeness (QED) is 0.809. The first kappa shape index (κ1) is 19.1. The van der Waals surface area contributed by atoms with Crippen LogP contribution in [0.1, 0.15) is 43.7 Å². The maximum atomic E-state index is 12.7. The van der Waals surface area contributed by atoms with Crippen LogP contribution in [0.3, 0.4) is 0 Å². The van der Waals surface area contributed by atoms with Crippen molar-refractivity contribution in [2.75, 3.05) is 40.0 Å². The van der Waals surface area contributed by atoms with E-state index in [1.807, 2.05) is 12.1 Å². The van der Waals surface area contributed by atoms with Gasteiger partial charge in [0.25, 0.3) is 0 Å². The SMILES string of the molecule is COc1ccc(C(CNC(=O)C2(N)CCOCC2)N2CCCCC2)cc1. The Hall–Kier alpha value is -1.63. The summed E-state index contributed by atoms with van der Waals surface area (Å²) in [6.45, 7) is 3.81. The van der Waals surface area contributed by atoms with E-state index in [4.69, 9.17) is 15.2 Å². The molecule has 6 nitrogen and oxygen atoms in total. The summed E-state index contributed by atoms with van der Waals surface area (Å²) >= 11 is 0. The molecule has 3 N–H and O–H groups in total. The van der Waals surface area contributed by atoms with Crippen LogP contribution in [0.15, 0.2) is 24.3 Å². The number of carbonyl (C=O) groups is 1. The Balaban J connectivity index is 1.69. The van der Waals surface area contributed by atoms with E-state index in [0.717, 1.165) is 18.8 Å². The van der Waals surface area contributed by atoms with Gasteiger partial charge in [-0.15, -0.1) is 0 Å². The fourth-order valence-electron chi connectivity index (χ4n) is 3.84. The zero-order valence-corrected chi connectivity index (χ0v) is 15.7. The lowest BCUT2D eigenvalue weighted by Crippen LogP contribution is -2.57. The summed E-state index contributed by atoms with van der Waals surface area (Å²) in [6.07, 6.45) is 4.85. The normalized spacial score (nSPS) is 21.8. The Morgan fingerprint density at radius 3 is 2.50 bits per heavy atom. The number of ether oxygens (including phenoxy) is 2. The Bertz CT molecular complexity index is 578. The number of amides is 1. The molecule has 3 rings (SSSR count). The fourth-order valence-corrected chi connectivity index (χ4v) is 3.84. The van der Waals surface area contributed by atoms with E-state index < -0.39 is 5.54 Å². The highest BCUT2D eigenvalue weighted by Crippen LogP contribution is 2.26. The summed E-state index contributed by atoms with van der Waals surface area (Å²) in [4.78, 5) is 15.2. The van der Waals surface area contributed by atoms with Crippen LogP contribution < -0.4 is 15.8 Å². The van der Waals surface area contributed by atoms with Gasteiger partial charge >= 0.3 is 0 Å². The lowest BCUT2D eigenvalue weighted by molar-refractivity contribution is -0.130. The molecule has 0 radical (unpaired) electrons. The number of hydrogen-bond acceptors (Lipinski definition) is 5. The number of nitrogens with one attached hydrogen (secondary N) is 1. The van der Waals surface area contributed by atoms with Crippen molar-refractivity contribution in [3.63, 3.8) is 0 Å². The molecule has 0 aromatic heterocycles. The summed E-state index contributed by atoms with van der Waals surface area (Å²) in [7, 11) is 1.67. The molecule has 6 heteroatoms. The van der Waals surface area contributed by atoms with Crippen molar-refractivity contribution in [1.82, 2.24) is 10.2 Å². The first-order valence-corrected chi connectivity index (χ1v) is 9.65. The average Bonchev–Trinajstić information content (AvgIpc) is 2.70. The van der Waals surface area contributed by atoms with Crippen molar-refractivity contribution in [3.05, 3.63) is 29.8 Å². The molecule has 1 unspecified atom stereocenters. The Kier molecular flexibility index (Phi) is 6.51. The number of nitrogens with two attached hydrogens (primary N) is 1. The molecule has 0 bridgehead atoms. The van der Waals surface area contributed by atoms with E-state index in [2.05, 4.69) is 22.3 Å². The maximum absolute atomic E-state index is 12.7. The van der Waals surface area contributed by atoms with E-state index in [-0.39, 0.29) is 11.9 Å². The van der Waals surface area contributed by atoms with Crippen LogP contribution in [-0.4, -0.2) is 56.3 Å². The van der Waals surface area contributed by atoms with Crippen molar-refractivity contribution < 1.29 is 14.3 Å². The van der Waals surface area contributed by atoms with E-state index in [9.17, 15) is 4.79 Å². The predicted molar refractivity (Wildman–Crippen MR) is 101 cm³/mol. The molecule has 2 fully saturated rings. The van der Waals surface area contributed by atoms with Crippen LogP contribution in [0, 0.1) is 0 Å². The van der Waals surface area contributed by atoms with Gasteiger partial charge in [-0.2, -0.15) is 0 Å². The molecule has 2 heterocycles. The Morgan fingerprint density at radius 1 is 1.23 bits per heavy atom. The molecule has 0 saturated carbocycles. The van der Waals surface area contributed by atoms with E-state index in [0.29, 0.717) is 32.6 Å². The van der Waals surface area contributed by atoms with Gasteiger partial charge in [0, 0.05) is 19.8 Å². The molecule has 1 aromatic rings. The number of methoxy groups -OCH3 is 1. The summed E-state index contributed by atoms with van der Waals surface area (Å²) in [6, 6.07) is 8.32. The third-order valence-corrected chi connectivity index (χ3v) is 5.63. The van der Waals surface area contributed by atoms with E-state index in [1.54, 1.807) is 7.11 Å². The number of piperidine rings is 1. The van der Waals surface area contributed by atoms with Gasteiger partial charge in [-0.1, -0.05) is 18.6 Å². The monoisotopic (exact) mass is 361 g/mol. The zero-order chi connectivity index (χ0) is 18.4. The topological polar surface area (TPSA) is 76.8 Å². The maximum Gasteiger partial charge on any atom is 0.240 e. The second-order valence-electron chi connectivity index (χ2n) is 7.36. The largest absolute Gasteiger partial charge is 0.497 e. The third-order valence-electron chi connectivity index (χ3n) is 5.63. The molecule has 144 valence electrons. The molecular weight excluding hydrogens is 330 g/mol. The van der Waals surface area contributed by atoms with Crippen molar-refractivity contribution in [2.24, 2.45) is 5.73 Å². The van der Waals surface area contributed by atoms with Gasteiger partial charge in [0.15, 0.2) is 0 Å². The standard InChI is InChI=1S/C20H31N3O3/c1-25-17-7-5-16(6-8-17)18(23-11-3-2-4-12-23)15-22-19(24)20(21)9-13-26-14-10-20/h5-8,18H,2-4,9-15,21H2,1H3,(H,22,24). The molecule has 26 heavy (non-hydrogen) atoms. The highest BCUT2D eigenvalue weighted by Gasteiger charge is 2.36. The van der Waals surface area contributed by atoms with E-state index >= 15 is 0 Å². The molecule has 2 aliphatic heterocycles. The van der Waals surface area contributed by atoms with Crippen molar-refractivity contribution in [2.45, 2.75) is 43.7 Å². The molecule has 2 saturated heterocycles. The smallest absolute Gasteiger partial charge is 0.240 e. The van der Waals surface area contributed by atoms with Crippen LogP contribution >= 0.6 is 0 Å². The number of carbonyl (C=O) groups excluding carboxylic acids is 1. The average molecular weight is 361 g/mol. The van der Waals surface area contributed by atoms with Crippen LogP contribution in [0.5, 0.6) is 5.75 Å². The van der Waals surface area contributed by atoms with E-state index in [1.165, 1.54) is 24.8 Å². The van der Waals surface area contributed by atoms with Gasteiger partial charge in [-0.05, 0) is 56.5 Å². The minimum Gasteiger partial charge on any atom is -0.497 e. The highest BCUT2D eigenvalue weighted by atomic mass is 16.5. The first-order chi connectivity index (χ1) is 12.6. The lowest BCUT2D eigenvalue weighted by atomic mass is 9.90. The number of benzene rings is 1. The van der Waals surface area contributed by atoms with Gasteiger partial charge in [0.1, 0.15) is 5.75 Å². The minimum atomic E-state index is -0.801. The van der Waals surface area contributed by atoms with Crippen LogP contribution in [0.4, 0.5) is 0 Å². The summed E-state index contributed by atoms with van der Waals surface area (Å²) < 4.78 is 10.6. The number of likely N-dealkylation sites (tertiary alicyclic amines) is 1. The Morgan fingerprint density at radius 2 is 1.88 bits per heavy atom. The number of hydrogen-bond donors (Lipinski definition) is 2. The van der Waals surface area contributed by atoms with Gasteiger partial charge in [-0.3, -0.25) is 9.69 Å². The van der Waals surface area contributed by atoms with Crippen molar-refractivity contribution >= 4 is 5.91 Å². The molecule has 2 aliphatic rings. The molecule has 1 aromatic carbocycles. The molecule has 1 atom stereocenters. The minimum absolute atomic E-state index is 0.0590. The summed E-state index contributed by atoms with van der Waals surface area (Å²) in [5, 5.41) is 3.12. The molecule has 0 spiro atoms. The van der Waals surface area contributed by atoms with Crippen LogP contribution in [0.2, 0.25) is 0 Å². The molecule has 1 amide bonds. The van der Waals surface area contributed by atoms with Gasteiger partial charge in [0.2, 0.25) is 5.91 Å². The molecule has 0 aliphatic carbocycles. The van der Waals surface area contributed by atoms with Gasteiger partial charge in [-0.25, -0.2) is 0 Å². The molecular formula is C20H31N3O3. The summed E-state index contributed by atoms with van der Waals surface area (Å²) in [5.41, 5.74) is 6.72. The Labute approximate surface area is 156 Å². The van der Waals surface area contributed by atoms with Crippen molar-refractivity contribution in [1.29, 1.82) is 0 Å². The van der Waals surface area contributed by atoms with Crippen LogP contribution in [0.25, 0.3) is 0 Å². The predicted octanol–water partition coefficient (Wildman–Crippen LogP) is 1.85. The summed E-state index contributed by atoms with van der Waals surface area (Å²) in [5.74, 6) is 0.787.